The van der Waals surface area contributed by atoms with Crippen LogP contribution in [0.2, 0.25) is 0 Å². The molecule has 0 N–H and O–H groups in total. The Balaban J connectivity index is -0.0000000120. The molecule has 0 fully saturated rings. The molecule has 24 heavy (non-hydrogen) atoms. The van der Waals surface area contributed by atoms with Gasteiger partial charge in [-0.1, -0.05) is 6.92 Å². The molecule has 0 aliphatic heterocycles. The van der Waals surface area contributed by atoms with Gasteiger partial charge in [-0.3, -0.25) is 10.9 Å². The summed E-state index contributed by atoms with van der Waals surface area (Å²) in [5.41, 5.74) is 0.760. The number of allylic oxidation sites excluding steroid dienone is 6. The molecule has 0 amide bonds. The van der Waals surface area contributed by atoms with Crippen LogP contribution in [0.15, 0.2) is 29.9 Å². The molecule has 100 valence electrons. The molecule has 1 nitrogen and oxygen atoms in total. The molecule has 0 aromatic heterocycles. The van der Waals surface area contributed by atoms with Gasteiger partial charge in [-0.15, -0.1) is 24.0 Å². The Kier molecular flexibility index (Phi) is 177. The first kappa shape index (κ1) is 76.6. The molecule has 0 unspecified atom stereocenters. The normalized spacial score (nSPS) is 13.2. The summed E-state index contributed by atoms with van der Waals surface area (Å²) in [7, 11) is 0. The van der Waals surface area contributed by atoms with Gasteiger partial charge in [-0.25, -0.2) is 12.2 Å². The van der Waals surface area contributed by atoms with E-state index in [2.05, 4.69) is 13.0 Å². The van der Waals surface area contributed by atoms with Gasteiger partial charge in [-0.2, -0.15) is 0 Å². The Morgan fingerprint density at radius 1 is 0.917 bits per heavy atom. The van der Waals surface area contributed by atoms with Crippen LogP contribution in [-0.4, -0.2) is 5.78 Å². The first-order valence-corrected chi connectivity index (χ1v) is 4.08. The first-order chi connectivity index (χ1) is 5.75. The minimum absolute atomic E-state index is 0. The molecular formula is C11H12OY12-2. The van der Waals surface area contributed by atoms with Gasteiger partial charge in [0.1, 0.15) is 0 Å². The number of carbonyl (C=O) groups excluding carboxylic acids is 1. The van der Waals surface area contributed by atoms with Crippen molar-refractivity contribution in [2.45, 2.75) is 13.3 Å². The summed E-state index contributed by atoms with van der Waals surface area (Å²) in [5, 5.41) is 0. The number of ketones is 1. The van der Waals surface area contributed by atoms with Crippen molar-refractivity contribution in [2.24, 2.45) is 5.92 Å². The number of carbonyl (C=O) groups is 1. The fourth-order valence-corrected chi connectivity index (χ4v) is 1.06. The second kappa shape index (κ2) is 55.6. The van der Waals surface area contributed by atoms with Crippen LogP contribution in [0.5, 0.6) is 0 Å². The molecular weight excluding hydrogens is 1210 g/mol. The van der Waals surface area contributed by atoms with Crippen molar-refractivity contribution in [2.75, 3.05) is 0 Å². The Morgan fingerprint density at radius 3 is 1.54 bits per heavy atom. The van der Waals surface area contributed by atoms with Gasteiger partial charge in [0.05, 0.1) is 0 Å². The zero-order chi connectivity index (χ0) is 8.97. The van der Waals surface area contributed by atoms with Crippen molar-refractivity contribution in [3.8, 4) is 0 Å². The standard InChI is InChI=1S/C11H12O.12Y/c1-3-4-5-6-10-9(2)7-8-11(10)12;;;;;;;;;;;;/h5-9H,2-3H2,1H3;;;;;;;;;;;;/q-2;;;;;;;;;;;;/b10-6+;;;;;;;;;;;;/t9-;;;;;;;;;;;;/m0............/s1. The van der Waals surface area contributed by atoms with Crippen LogP contribution >= 0.6 is 0 Å². The van der Waals surface area contributed by atoms with Crippen molar-refractivity contribution in [3.05, 3.63) is 42.9 Å². The average Bonchev–Trinajstić information content (AvgIpc) is 2.35. The topological polar surface area (TPSA) is 17.1 Å². The summed E-state index contributed by atoms with van der Waals surface area (Å²) in [6, 6.07) is 0. The van der Waals surface area contributed by atoms with E-state index in [0.717, 1.165) is 12.0 Å². The molecule has 1 rings (SSSR count). The van der Waals surface area contributed by atoms with Crippen molar-refractivity contribution in [1.82, 2.24) is 0 Å². The van der Waals surface area contributed by atoms with Crippen LogP contribution in [0, 0.1) is 18.9 Å². The van der Waals surface area contributed by atoms with Gasteiger partial charge >= 0.3 is 0 Å². The van der Waals surface area contributed by atoms with E-state index in [4.69, 9.17) is 0 Å². The van der Waals surface area contributed by atoms with Gasteiger partial charge < -0.3 is 6.92 Å². The maximum absolute atomic E-state index is 11.1. The summed E-state index contributed by atoms with van der Waals surface area (Å²) >= 11 is 0. The van der Waals surface area contributed by atoms with Gasteiger partial charge in [0.2, 0.25) is 0 Å². The van der Waals surface area contributed by atoms with Crippen LogP contribution in [-0.2, 0) is 397 Å². The summed E-state index contributed by atoms with van der Waals surface area (Å²) in [6.45, 7) is 5.83. The fourth-order valence-electron chi connectivity index (χ4n) is 1.06. The van der Waals surface area contributed by atoms with Gasteiger partial charge in [0, 0.05) is 393 Å². The Morgan fingerprint density at radius 2 is 1.29 bits per heavy atom. The molecule has 0 bridgehead atoms. The first-order valence-electron chi connectivity index (χ1n) is 4.08. The van der Waals surface area contributed by atoms with E-state index in [0.29, 0.717) is 0 Å². The molecule has 0 heterocycles. The number of hydrogen-bond donors (Lipinski definition) is 0. The van der Waals surface area contributed by atoms with Gasteiger partial charge in [0.15, 0.2) is 5.78 Å². The van der Waals surface area contributed by atoms with Crippen molar-refractivity contribution >= 4 is 5.78 Å². The third kappa shape index (κ3) is 41.3. The zero-order valence-electron chi connectivity index (χ0n) is 14.1. The third-order valence-electron chi connectivity index (χ3n) is 1.75. The molecule has 0 aromatic carbocycles. The smallest absolute Gasteiger partial charge is 0.161 e. The molecule has 12 radical (unpaired) electrons. The molecule has 1 atom stereocenters. The average molecular weight is 1230 g/mol. The predicted octanol–water partition coefficient (Wildman–Crippen LogP) is 2.24. The minimum Gasteiger partial charge on any atom is -0.334 e. The van der Waals surface area contributed by atoms with E-state index in [9.17, 15) is 4.79 Å². The van der Waals surface area contributed by atoms with E-state index in [1.165, 1.54) is 0 Å². The van der Waals surface area contributed by atoms with Gasteiger partial charge in [-0.05, 0) is 6.08 Å². The zero-order valence-corrected chi connectivity index (χ0v) is 48.2. The van der Waals surface area contributed by atoms with E-state index in [1.807, 2.05) is 13.0 Å². The van der Waals surface area contributed by atoms with Crippen LogP contribution in [0.25, 0.3) is 0 Å². The third-order valence-corrected chi connectivity index (χ3v) is 1.75. The summed E-state index contributed by atoms with van der Waals surface area (Å²) in [6.07, 6.45) is 10.8. The number of hydrogen-bond acceptors (Lipinski definition) is 1. The van der Waals surface area contributed by atoms with E-state index >= 15 is 0 Å². The largest absolute Gasteiger partial charge is 0.334 e. The van der Waals surface area contributed by atoms with E-state index in [1.54, 1.807) is 18.2 Å². The molecule has 0 saturated heterocycles. The maximum Gasteiger partial charge on any atom is 0.161 e. The Labute approximate surface area is 450 Å². The van der Waals surface area contributed by atoms with Crippen LogP contribution in [0.4, 0.5) is 0 Å². The van der Waals surface area contributed by atoms with Gasteiger partial charge in [0.25, 0.3) is 0 Å². The fraction of sp³-hybridized carbons (Fsp3) is 0.273. The Bertz CT molecular complexity index is 280. The van der Waals surface area contributed by atoms with Crippen LogP contribution in [0.3, 0.4) is 0 Å². The molecule has 0 spiro atoms. The molecule has 0 saturated carbocycles. The molecule has 0 aromatic rings. The molecule has 1 aliphatic rings. The molecule has 1 aliphatic carbocycles. The van der Waals surface area contributed by atoms with E-state index in [-0.39, 0.29) is 404 Å². The van der Waals surface area contributed by atoms with Crippen molar-refractivity contribution in [1.29, 1.82) is 0 Å². The quantitative estimate of drug-likeness (QED) is 0.307. The van der Waals surface area contributed by atoms with Crippen LogP contribution in [0.1, 0.15) is 13.3 Å². The van der Waals surface area contributed by atoms with Crippen molar-refractivity contribution < 1.29 is 397 Å². The monoisotopic (exact) mass is 1230 g/mol. The summed E-state index contributed by atoms with van der Waals surface area (Å²) in [5.74, 6) is 0.0940. The maximum atomic E-state index is 11.1. The summed E-state index contributed by atoms with van der Waals surface area (Å²) < 4.78 is 0. The predicted molar refractivity (Wildman–Crippen MR) is 49.2 cm³/mol. The molecule has 13 heteroatoms. The Hall–Kier alpha value is 12.1. The summed E-state index contributed by atoms with van der Waals surface area (Å²) in [4.78, 5) is 11.1. The SMILES string of the molecule is [CH2-][C@H]1C=CC(=O)/C1=C/C=[C-]CC.[Y].[Y].[Y].[Y].[Y].[Y].[Y].[Y].[Y].[Y].[Y].[Y]. The minimum atomic E-state index is 0. The second-order valence-electron chi connectivity index (χ2n) is 2.68. The van der Waals surface area contributed by atoms with Crippen molar-refractivity contribution in [3.63, 3.8) is 0 Å². The second-order valence-corrected chi connectivity index (χ2v) is 2.68. The van der Waals surface area contributed by atoms with E-state index < -0.39 is 0 Å². The van der Waals surface area contributed by atoms with Crippen LogP contribution < -0.4 is 0 Å². The number of rotatable bonds is 2.